The van der Waals surface area contributed by atoms with Crippen molar-refractivity contribution in [3.8, 4) is 0 Å². The average Bonchev–Trinajstić information content (AvgIpc) is 2.78. The van der Waals surface area contributed by atoms with Gasteiger partial charge < -0.3 is 5.32 Å². The Bertz CT molecular complexity index is 1460. The summed E-state index contributed by atoms with van der Waals surface area (Å²) in [5.74, 6) is -0.268. The Morgan fingerprint density at radius 3 is 2.57 bits per heavy atom. The Labute approximate surface area is 171 Å². The molecule has 0 saturated heterocycles. The quantitative estimate of drug-likeness (QED) is 0.474. The number of nitrogens with zero attached hydrogens (tertiary/aromatic N) is 3. The van der Waals surface area contributed by atoms with Crippen molar-refractivity contribution >= 4 is 33.2 Å². The van der Waals surface area contributed by atoms with E-state index in [-0.39, 0.29) is 11.5 Å². The zero-order chi connectivity index (χ0) is 20.5. The lowest BCUT2D eigenvalue weighted by Crippen LogP contribution is -2.27. The molecule has 0 saturated carbocycles. The second kappa shape index (κ2) is 7.40. The first kappa shape index (κ1) is 18.0. The molecule has 0 bridgehead atoms. The summed E-state index contributed by atoms with van der Waals surface area (Å²) in [6, 6.07) is 20.6. The summed E-state index contributed by atoms with van der Waals surface area (Å²) in [4.78, 5) is 34.8. The van der Waals surface area contributed by atoms with Gasteiger partial charge in [-0.2, -0.15) is 0 Å². The molecule has 6 heteroatoms. The van der Waals surface area contributed by atoms with Gasteiger partial charge >= 0.3 is 0 Å². The summed E-state index contributed by atoms with van der Waals surface area (Å²) in [5.41, 5.74) is 2.01. The zero-order valence-electron chi connectivity index (χ0n) is 16.1. The molecular weight excluding hydrogens is 376 g/mol. The number of amides is 1. The highest BCUT2D eigenvalue weighted by Crippen LogP contribution is 2.20. The Morgan fingerprint density at radius 2 is 1.77 bits per heavy atom. The average molecular weight is 394 g/mol. The number of aromatic nitrogens is 3. The molecule has 0 aliphatic heterocycles. The minimum atomic E-state index is -0.268. The van der Waals surface area contributed by atoms with E-state index in [1.807, 2.05) is 54.6 Å². The molecule has 0 unspecified atom stereocenters. The molecule has 0 fully saturated rings. The van der Waals surface area contributed by atoms with Crippen LogP contribution in [0.1, 0.15) is 16.1 Å². The largest absolute Gasteiger partial charge is 0.352 e. The van der Waals surface area contributed by atoms with Crippen molar-refractivity contribution < 1.29 is 4.79 Å². The number of carbonyl (C=O) groups excluding carboxylic acids is 1. The van der Waals surface area contributed by atoms with Crippen LogP contribution in [-0.2, 0) is 6.42 Å². The van der Waals surface area contributed by atoms with Crippen LogP contribution in [0.3, 0.4) is 0 Å². The summed E-state index contributed by atoms with van der Waals surface area (Å²) in [5, 5.41) is 5.41. The molecule has 2 aromatic carbocycles. The van der Waals surface area contributed by atoms with Gasteiger partial charge in [0.1, 0.15) is 0 Å². The first-order valence-corrected chi connectivity index (χ1v) is 9.73. The third kappa shape index (κ3) is 3.18. The molecule has 1 N–H and O–H groups in total. The van der Waals surface area contributed by atoms with E-state index in [1.165, 1.54) is 4.40 Å². The van der Waals surface area contributed by atoms with E-state index in [0.29, 0.717) is 35.1 Å². The summed E-state index contributed by atoms with van der Waals surface area (Å²) in [6.45, 7) is 0.444. The second-order valence-corrected chi connectivity index (χ2v) is 7.08. The molecule has 1 amide bonds. The Hall–Kier alpha value is -4.06. The van der Waals surface area contributed by atoms with Crippen LogP contribution in [0.2, 0.25) is 0 Å². The van der Waals surface area contributed by atoms with Crippen molar-refractivity contribution in [1.29, 1.82) is 0 Å². The maximum absolute atomic E-state index is 13.1. The van der Waals surface area contributed by atoms with Crippen molar-refractivity contribution in [3.05, 3.63) is 101 Å². The van der Waals surface area contributed by atoms with Crippen LogP contribution >= 0.6 is 0 Å². The number of pyridine rings is 2. The Morgan fingerprint density at radius 1 is 0.967 bits per heavy atom. The summed E-state index contributed by atoms with van der Waals surface area (Å²) in [6.07, 6.45) is 4.00. The van der Waals surface area contributed by atoms with Crippen molar-refractivity contribution in [2.75, 3.05) is 6.54 Å². The summed E-state index contributed by atoms with van der Waals surface area (Å²) in [7, 11) is 0. The molecule has 146 valence electrons. The van der Waals surface area contributed by atoms with Gasteiger partial charge in [0.15, 0.2) is 5.65 Å². The van der Waals surface area contributed by atoms with Crippen LogP contribution in [0.5, 0.6) is 0 Å². The predicted molar refractivity (Wildman–Crippen MR) is 117 cm³/mol. The summed E-state index contributed by atoms with van der Waals surface area (Å²) >= 11 is 0. The fourth-order valence-corrected chi connectivity index (χ4v) is 3.64. The van der Waals surface area contributed by atoms with E-state index in [1.54, 1.807) is 24.5 Å². The zero-order valence-corrected chi connectivity index (χ0v) is 16.1. The van der Waals surface area contributed by atoms with Gasteiger partial charge in [0.25, 0.3) is 11.5 Å². The lowest BCUT2D eigenvalue weighted by molar-refractivity contribution is 0.0955. The van der Waals surface area contributed by atoms with Gasteiger partial charge in [0.05, 0.1) is 16.5 Å². The molecule has 3 aromatic heterocycles. The molecule has 3 heterocycles. The molecule has 0 atom stereocenters. The van der Waals surface area contributed by atoms with Crippen molar-refractivity contribution in [2.24, 2.45) is 0 Å². The van der Waals surface area contributed by atoms with E-state index >= 15 is 0 Å². The van der Waals surface area contributed by atoms with Gasteiger partial charge in [-0.25, -0.2) is 4.98 Å². The van der Waals surface area contributed by atoms with Gasteiger partial charge in [-0.3, -0.25) is 19.0 Å². The number of benzene rings is 2. The fourth-order valence-electron chi connectivity index (χ4n) is 3.64. The molecule has 0 spiro atoms. The molecular formula is C24H18N4O2. The van der Waals surface area contributed by atoms with Crippen molar-refractivity contribution in [3.63, 3.8) is 0 Å². The number of carbonyl (C=O) groups is 1. The fraction of sp³-hybridized carbons (Fsp3) is 0.0833. The summed E-state index contributed by atoms with van der Waals surface area (Å²) < 4.78 is 1.44. The molecule has 0 aliphatic carbocycles. The van der Waals surface area contributed by atoms with Crippen LogP contribution in [-0.4, -0.2) is 26.8 Å². The minimum Gasteiger partial charge on any atom is -0.352 e. The number of nitrogens with one attached hydrogen (secondary N) is 1. The number of rotatable bonds is 4. The standard InChI is InChI=1S/C24H18N4O2/c29-23(26-12-10-18-8-3-4-11-25-18)19-9-5-13-28-22(19)27-21-15-17-7-2-1-6-16(17)14-20(21)24(28)30/h1-9,11,13-15H,10,12H2,(H,26,29). The minimum absolute atomic E-state index is 0.191. The number of hydrogen-bond donors (Lipinski definition) is 1. The van der Waals surface area contributed by atoms with Crippen LogP contribution in [0, 0.1) is 0 Å². The molecule has 0 aliphatic rings. The normalized spacial score (nSPS) is 11.2. The van der Waals surface area contributed by atoms with E-state index in [2.05, 4.69) is 15.3 Å². The third-order valence-electron chi connectivity index (χ3n) is 5.14. The van der Waals surface area contributed by atoms with E-state index < -0.39 is 0 Å². The first-order chi connectivity index (χ1) is 14.7. The van der Waals surface area contributed by atoms with Crippen LogP contribution in [0.25, 0.3) is 27.3 Å². The second-order valence-electron chi connectivity index (χ2n) is 7.08. The van der Waals surface area contributed by atoms with E-state index in [9.17, 15) is 9.59 Å². The molecule has 5 rings (SSSR count). The smallest absolute Gasteiger partial charge is 0.265 e. The van der Waals surface area contributed by atoms with Crippen molar-refractivity contribution in [1.82, 2.24) is 19.7 Å². The van der Waals surface area contributed by atoms with E-state index in [4.69, 9.17) is 0 Å². The number of fused-ring (bicyclic) bond motifs is 3. The van der Waals surface area contributed by atoms with Gasteiger partial charge in [-0.15, -0.1) is 0 Å². The highest BCUT2D eigenvalue weighted by molar-refractivity contribution is 6.02. The highest BCUT2D eigenvalue weighted by atomic mass is 16.1. The molecule has 5 aromatic rings. The van der Waals surface area contributed by atoms with Gasteiger partial charge in [0, 0.05) is 31.1 Å². The van der Waals surface area contributed by atoms with Gasteiger partial charge in [-0.1, -0.05) is 30.3 Å². The first-order valence-electron chi connectivity index (χ1n) is 9.73. The molecule has 0 radical (unpaired) electrons. The third-order valence-corrected chi connectivity index (χ3v) is 5.14. The lowest BCUT2D eigenvalue weighted by atomic mass is 10.1. The van der Waals surface area contributed by atoms with E-state index in [0.717, 1.165) is 16.5 Å². The SMILES string of the molecule is O=C(NCCc1ccccn1)c1cccn2c(=O)c3cc4ccccc4cc3nc12. The van der Waals surface area contributed by atoms with Gasteiger partial charge in [-0.05, 0) is 47.2 Å². The molecule has 6 nitrogen and oxygen atoms in total. The maximum atomic E-state index is 13.1. The number of hydrogen-bond acceptors (Lipinski definition) is 4. The monoisotopic (exact) mass is 394 g/mol. The Kier molecular flexibility index (Phi) is 4.44. The van der Waals surface area contributed by atoms with Crippen LogP contribution in [0.4, 0.5) is 0 Å². The molecule has 30 heavy (non-hydrogen) atoms. The van der Waals surface area contributed by atoms with Crippen molar-refractivity contribution in [2.45, 2.75) is 6.42 Å². The maximum Gasteiger partial charge on any atom is 0.265 e. The lowest BCUT2D eigenvalue weighted by Gasteiger charge is -2.10. The Balaban J connectivity index is 1.54. The highest BCUT2D eigenvalue weighted by Gasteiger charge is 2.14. The van der Waals surface area contributed by atoms with Crippen LogP contribution in [0.15, 0.2) is 83.9 Å². The van der Waals surface area contributed by atoms with Crippen LogP contribution < -0.4 is 10.9 Å². The predicted octanol–water partition coefficient (Wildman–Crippen LogP) is 3.37. The van der Waals surface area contributed by atoms with Gasteiger partial charge in [0.2, 0.25) is 0 Å². The topological polar surface area (TPSA) is 76.4 Å².